The molecular weight excluding hydrogens is 456 g/mol. The van der Waals surface area contributed by atoms with Crippen molar-refractivity contribution in [3.05, 3.63) is 12.7 Å². The van der Waals surface area contributed by atoms with Crippen LogP contribution in [0.5, 0.6) is 0 Å². The number of esters is 1. The van der Waals surface area contributed by atoms with E-state index >= 15 is 0 Å². The van der Waals surface area contributed by atoms with Gasteiger partial charge in [0.15, 0.2) is 0 Å². The minimum Gasteiger partial charge on any atom is -0.467 e. The number of amides is 4. The highest BCUT2D eigenvalue weighted by Crippen LogP contribution is 2.17. The van der Waals surface area contributed by atoms with Gasteiger partial charge in [-0.25, -0.2) is 9.59 Å². The van der Waals surface area contributed by atoms with Crippen LogP contribution in [-0.4, -0.2) is 64.7 Å². The summed E-state index contributed by atoms with van der Waals surface area (Å²) in [6.45, 7) is 18.9. The van der Waals surface area contributed by atoms with Gasteiger partial charge in [0.25, 0.3) is 0 Å². The second-order valence-corrected chi connectivity index (χ2v) is 11.2. The first kappa shape index (κ1) is 31.9. The average Bonchev–Trinajstić information content (AvgIpc) is 2.64. The van der Waals surface area contributed by atoms with E-state index in [4.69, 9.17) is 9.47 Å². The third-order valence-electron chi connectivity index (χ3n) is 4.94. The van der Waals surface area contributed by atoms with Gasteiger partial charge in [0.05, 0.1) is 7.11 Å². The normalized spacial score (nSPS) is 14.0. The largest absolute Gasteiger partial charge is 0.467 e. The van der Waals surface area contributed by atoms with Crippen molar-refractivity contribution in [2.24, 2.45) is 0 Å². The molecule has 0 saturated carbocycles. The number of carbonyl (C=O) groups is 5. The van der Waals surface area contributed by atoms with Crippen LogP contribution in [-0.2, 0) is 28.7 Å². The predicted molar refractivity (Wildman–Crippen MR) is 131 cm³/mol. The molecule has 4 N–H and O–H groups in total. The van der Waals surface area contributed by atoms with E-state index in [1.165, 1.54) is 61.7 Å². The second-order valence-electron chi connectivity index (χ2n) is 11.2. The Hall–Kier alpha value is -3.11. The van der Waals surface area contributed by atoms with Crippen molar-refractivity contribution < 1.29 is 33.4 Å². The van der Waals surface area contributed by atoms with Crippen LogP contribution >= 0.6 is 0 Å². The number of nitrogens with one attached hydrogen (secondary N) is 4. The molecule has 0 saturated heterocycles. The molecule has 0 heterocycles. The maximum Gasteiger partial charge on any atom is 0.408 e. The van der Waals surface area contributed by atoms with Crippen molar-refractivity contribution in [2.75, 3.05) is 7.11 Å². The Labute approximate surface area is 208 Å². The van der Waals surface area contributed by atoms with E-state index in [0.717, 1.165) is 0 Å². The molecule has 35 heavy (non-hydrogen) atoms. The molecule has 0 fully saturated rings. The van der Waals surface area contributed by atoms with Crippen LogP contribution in [0.3, 0.4) is 0 Å². The Bertz CT molecular complexity index is 856. The van der Waals surface area contributed by atoms with E-state index < -0.39 is 57.5 Å². The van der Waals surface area contributed by atoms with Gasteiger partial charge in [-0.3, -0.25) is 14.4 Å². The van der Waals surface area contributed by atoms with Gasteiger partial charge in [0.1, 0.15) is 27.8 Å². The van der Waals surface area contributed by atoms with E-state index in [9.17, 15) is 24.0 Å². The fourth-order valence-corrected chi connectivity index (χ4v) is 2.74. The summed E-state index contributed by atoms with van der Waals surface area (Å²) < 4.78 is 9.90. The van der Waals surface area contributed by atoms with Crippen LogP contribution in [0.2, 0.25) is 0 Å². The van der Waals surface area contributed by atoms with E-state index in [2.05, 4.69) is 27.8 Å². The number of alkyl carbamates (subject to hydrolysis) is 1. The SMILES string of the molecule is C=CC[C@@](C)(NC(=O)C(C)(C)NC(=O)C(C)(C)NC(=O)OC(C)(C)C)C(=O)NC(C)(C)C(=O)OC. The first-order valence-electron chi connectivity index (χ1n) is 11.2. The zero-order valence-electron chi connectivity index (χ0n) is 22.8. The van der Waals surface area contributed by atoms with Crippen LogP contribution in [0, 0.1) is 0 Å². The molecule has 0 unspecified atom stereocenters. The Morgan fingerprint density at radius 3 is 1.54 bits per heavy atom. The molecule has 0 bridgehead atoms. The summed E-state index contributed by atoms with van der Waals surface area (Å²) >= 11 is 0. The van der Waals surface area contributed by atoms with Crippen molar-refractivity contribution in [3.63, 3.8) is 0 Å². The lowest BCUT2D eigenvalue weighted by Crippen LogP contribution is -2.68. The quantitative estimate of drug-likeness (QED) is 0.264. The van der Waals surface area contributed by atoms with E-state index in [0.29, 0.717) is 0 Å². The van der Waals surface area contributed by atoms with Crippen molar-refractivity contribution in [3.8, 4) is 0 Å². The molecule has 0 aliphatic heterocycles. The van der Waals surface area contributed by atoms with Crippen molar-refractivity contribution >= 4 is 29.8 Å². The van der Waals surface area contributed by atoms with E-state index in [1.807, 2.05) is 0 Å². The van der Waals surface area contributed by atoms with Crippen molar-refractivity contribution in [1.82, 2.24) is 21.3 Å². The Balaban J connectivity index is 5.58. The maximum atomic E-state index is 13.1. The summed E-state index contributed by atoms with van der Waals surface area (Å²) in [6, 6.07) is 0. The van der Waals surface area contributed by atoms with Gasteiger partial charge in [0, 0.05) is 0 Å². The first-order chi connectivity index (χ1) is 15.5. The molecule has 1 atom stereocenters. The summed E-state index contributed by atoms with van der Waals surface area (Å²) in [6.07, 6.45) is 0.700. The number of ether oxygens (including phenoxy) is 2. The molecule has 0 aliphatic rings. The monoisotopic (exact) mass is 498 g/mol. The summed E-state index contributed by atoms with van der Waals surface area (Å²) in [5.41, 5.74) is -6.48. The summed E-state index contributed by atoms with van der Waals surface area (Å²) in [4.78, 5) is 63.2. The van der Waals surface area contributed by atoms with Crippen LogP contribution in [0.4, 0.5) is 4.79 Å². The number of carbonyl (C=O) groups excluding carboxylic acids is 5. The highest BCUT2D eigenvalue weighted by Gasteiger charge is 2.43. The lowest BCUT2D eigenvalue weighted by Gasteiger charge is -2.37. The smallest absolute Gasteiger partial charge is 0.408 e. The van der Waals surface area contributed by atoms with Gasteiger partial charge in [-0.05, 0) is 75.7 Å². The van der Waals surface area contributed by atoms with Gasteiger partial charge >= 0.3 is 12.1 Å². The van der Waals surface area contributed by atoms with Crippen molar-refractivity contribution in [2.45, 2.75) is 103 Å². The van der Waals surface area contributed by atoms with E-state index in [-0.39, 0.29) is 6.42 Å². The molecule has 11 heteroatoms. The van der Waals surface area contributed by atoms with Gasteiger partial charge in [-0.15, -0.1) is 6.58 Å². The van der Waals surface area contributed by atoms with Gasteiger partial charge in [-0.2, -0.15) is 0 Å². The zero-order chi connectivity index (χ0) is 28.0. The average molecular weight is 499 g/mol. The minimum atomic E-state index is -1.49. The molecular formula is C24H42N4O7. The Kier molecular flexibility index (Phi) is 10.1. The second kappa shape index (κ2) is 11.1. The molecule has 11 nitrogen and oxygen atoms in total. The minimum absolute atomic E-state index is 0.0392. The lowest BCUT2D eigenvalue weighted by atomic mass is 9.91. The van der Waals surface area contributed by atoms with E-state index in [1.54, 1.807) is 20.8 Å². The van der Waals surface area contributed by atoms with Gasteiger partial charge in [0.2, 0.25) is 17.7 Å². The number of methoxy groups -OCH3 is 1. The third kappa shape index (κ3) is 9.58. The summed E-state index contributed by atoms with van der Waals surface area (Å²) in [7, 11) is 1.20. The molecule has 0 aromatic rings. The van der Waals surface area contributed by atoms with Crippen LogP contribution in [0.1, 0.15) is 75.7 Å². The fourth-order valence-electron chi connectivity index (χ4n) is 2.74. The lowest BCUT2D eigenvalue weighted by molar-refractivity contribution is -0.150. The Morgan fingerprint density at radius 1 is 0.686 bits per heavy atom. The molecule has 0 rings (SSSR count). The van der Waals surface area contributed by atoms with Gasteiger partial charge < -0.3 is 30.7 Å². The summed E-state index contributed by atoms with van der Waals surface area (Å²) in [5.74, 6) is -2.62. The number of rotatable bonds is 10. The molecule has 0 aromatic heterocycles. The van der Waals surface area contributed by atoms with Crippen LogP contribution < -0.4 is 21.3 Å². The first-order valence-corrected chi connectivity index (χ1v) is 11.2. The third-order valence-corrected chi connectivity index (χ3v) is 4.94. The zero-order valence-corrected chi connectivity index (χ0v) is 22.8. The molecule has 0 aliphatic carbocycles. The van der Waals surface area contributed by atoms with Crippen LogP contribution in [0.25, 0.3) is 0 Å². The molecule has 0 aromatic carbocycles. The molecule has 200 valence electrons. The standard InChI is InChI=1S/C24H42N4O7/c1-13-14-24(11,17(31)26-23(9,10)18(32)34-12)27-16(30)21(5,6)25-15(29)22(7,8)28-19(33)35-20(2,3)4/h13H,1,14H2,2-12H3,(H,25,29)(H,26,31)(H,27,30)(H,28,33)/t24-/m1/s1. The summed E-state index contributed by atoms with van der Waals surface area (Å²) in [5, 5.41) is 10.3. The highest BCUT2D eigenvalue weighted by molar-refractivity contribution is 5.99. The van der Waals surface area contributed by atoms with Crippen molar-refractivity contribution in [1.29, 1.82) is 0 Å². The highest BCUT2D eigenvalue weighted by atomic mass is 16.6. The number of hydrogen-bond donors (Lipinski definition) is 4. The Morgan fingerprint density at radius 2 is 1.11 bits per heavy atom. The topological polar surface area (TPSA) is 152 Å². The predicted octanol–water partition coefficient (Wildman–Crippen LogP) is 1.70. The number of hydrogen-bond acceptors (Lipinski definition) is 7. The fraction of sp³-hybridized carbons (Fsp3) is 0.708. The maximum absolute atomic E-state index is 13.1. The van der Waals surface area contributed by atoms with Gasteiger partial charge in [-0.1, -0.05) is 6.08 Å². The molecule has 0 spiro atoms. The molecule has 4 amide bonds. The molecule has 0 radical (unpaired) electrons. The van der Waals surface area contributed by atoms with Crippen LogP contribution in [0.15, 0.2) is 12.7 Å².